The van der Waals surface area contributed by atoms with Gasteiger partial charge in [-0.3, -0.25) is 0 Å². The third kappa shape index (κ3) is 1.16. The zero-order valence-electron chi connectivity index (χ0n) is 7.86. The van der Waals surface area contributed by atoms with E-state index in [-0.39, 0.29) is 0 Å². The number of oxazole rings is 1. The molecule has 0 spiro atoms. The van der Waals surface area contributed by atoms with E-state index in [1.54, 1.807) is 0 Å². The third-order valence-corrected chi connectivity index (χ3v) is 2.60. The average Bonchev–Trinajstić information content (AvgIpc) is 2.86. The Hall–Kier alpha value is -1.51. The van der Waals surface area contributed by atoms with Crippen molar-refractivity contribution in [3.05, 3.63) is 24.3 Å². The van der Waals surface area contributed by atoms with Crippen LogP contribution in [-0.4, -0.2) is 18.1 Å². The van der Waals surface area contributed by atoms with Gasteiger partial charge in [0, 0.05) is 13.1 Å². The minimum Gasteiger partial charge on any atom is -0.423 e. The van der Waals surface area contributed by atoms with Gasteiger partial charge in [-0.2, -0.15) is 4.98 Å². The van der Waals surface area contributed by atoms with Gasteiger partial charge in [0.15, 0.2) is 5.58 Å². The van der Waals surface area contributed by atoms with Crippen molar-refractivity contribution >= 4 is 17.1 Å². The van der Waals surface area contributed by atoms with Crippen LogP contribution in [0.25, 0.3) is 11.1 Å². The fraction of sp³-hybridized carbons (Fsp3) is 0.364. The number of anilines is 1. The number of aromatic nitrogens is 1. The van der Waals surface area contributed by atoms with Crippen LogP contribution in [0.15, 0.2) is 22.6 Å². The largest absolute Gasteiger partial charge is 0.423 e. The molecule has 0 unspecified atom stereocenters. The van der Waals surface area contributed by atoms with Gasteiger partial charge in [0.2, 0.25) is 0 Å². The molecule has 1 aromatic carbocycles. The summed E-state index contributed by atoms with van der Waals surface area (Å²) in [6.07, 6.45) is 2.48. The molecule has 0 atom stereocenters. The lowest BCUT2D eigenvalue weighted by atomic mass is 10.3. The van der Waals surface area contributed by atoms with E-state index in [0.29, 0.717) is 0 Å². The molecule has 0 saturated carbocycles. The van der Waals surface area contributed by atoms with Gasteiger partial charge in [-0.05, 0) is 31.0 Å². The van der Waals surface area contributed by atoms with Crippen molar-refractivity contribution in [3.8, 4) is 0 Å². The summed E-state index contributed by atoms with van der Waals surface area (Å²) in [5, 5.41) is 0. The van der Waals surface area contributed by atoms with Crippen LogP contribution in [0.3, 0.4) is 0 Å². The van der Waals surface area contributed by atoms with Crippen molar-refractivity contribution in [1.29, 1.82) is 0 Å². The van der Waals surface area contributed by atoms with Crippen molar-refractivity contribution in [1.82, 2.24) is 4.98 Å². The van der Waals surface area contributed by atoms with Crippen LogP contribution in [0.5, 0.6) is 0 Å². The maximum Gasteiger partial charge on any atom is 0.298 e. The van der Waals surface area contributed by atoms with E-state index in [9.17, 15) is 0 Å². The Balaban J connectivity index is 2.05. The van der Waals surface area contributed by atoms with Crippen LogP contribution in [0.2, 0.25) is 0 Å². The molecule has 0 N–H and O–H groups in total. The number of rotatable bonds is 1. The average molecular weight is 187 g/mol. The first-order valence-electron chi connectivity index (χ1n) is 4.95. The minimum atomic E-state index is 0.761. The Morgan fingerprint density at radius 3 is 3.00 bits per heavy atom. The molecule has 3 nitrogen and oxygen atoms in total. The molecule has 1 fully saturated rings. The Kier molecular flexibility index (Phi) is 1.69. The number of nitrogens with zero attached hydrogens (tertiary/aromatic N) is 2. The van der Waals surface area contributed by atoms with Crippen molar-refractivity contribution in [2.45, 2.75) is 12.8 Å². The highest BCUT2D eigenvalue weighted by molar-refractivity contribution is 5.74. The van der Waals surface area contributed by atoms with E-state index in [0.717, 1.165) is 30.2 Å². The summed E-state index contributed by atoms with van der Waals surface area (Å²) in [6, 6.07) is 9.37. The standard InChI is InChI=1S/C11H11N2O/c1-2-6-10-9(5-1)12-11(14-10)13-7-3-4-8-13/h2,5-6H,3-4,7-8H2. The molecule has 3 heteroatoms. The van der Waals surface area contributed by atoms with Gasteiger partial charge in [-0.25, -0.2) is 0 Å². The van der Waals surface area contributed by atoms with Crippen LogP contribution >= 0.6 is 0 Å². The van der Waals surface area contributed by atoms with Crippen molar-refractivity contribution < 1.29 is 4.42 Å². The van der Waals surface area contributed by atoms with Crippen LogP contribution in [0.4, 0.5) is 6.01 Å². The Morgan fingerprint density at radius 2 is 2.21 bits per heavy atom. The van der Waals surface area contributed by atoms with Gasteiger partial charge in [0.05, 0.1) is 0 Å². The summed E-state index contributed by atoms with van der Waals surface area (Å²) in [4.78, 5) is 6.62. The molecule has 0 aliphatic carbocycles. The first kappa shape index (κ1) is 7.85. The first-order valence-corrected chi connectivity index (χ1v) is 4.95. The van der Waals surface area contributed by atoms with Gasteiger partial charge >= 0.3 is 0 Å². The molecule has 1 saturated heterocycles. The second-order valence-electron chi connectivity index (χ2n) is 3.58. The van der Waals surface area contributed by atoms with Crippen LogP contribution in [-0.2, 0) is 0 Å². The zero-order chi connectivity index (χ0) is 9.38. The number of hydrogen-bond acceptors (Lipinski definition) is 3. The lowest BCUT2D eigenvalue weighted by molar-refractivity contribution is 0.585. The van der Waals surface area contributed by atoms with Gasteiger partial charge in [-0.15, -0.1) is 0 Å². The van der Waals surface area contributed by atoms with Crippen LogP contribution in [0, 0.1) is 6.07 Å². The van der Waals surface area contributed by atoms with E-state index in [2.05, 4.69) is 16.0 Å². The molecule has 71 valence electrons. The highest BCUT2D eigenvalue weighted by Crippen LogP contribution is 2.23. The smallest absolute Gasteiger partial charge is 0.298 e. The van der Waals surface area contributed by atoms with E-state index < -0.39 is 0 Å². The zero-order valence-corrected chi connectivity index (χ0v) is 7.86. The molecule has 3 rings (SSSR count). The second-order valence-corrected chi connectivity index (χ2v) is 3.58. The summed E-state index contributed by atoms with van der Waals surface area (Å²) in [5.74, 6) is 0. The molecule has 1 aromatic heterocycles. The van der Waals surface area contributed by atoms with E-state index >= 15 is 0 Å². The highest BCUT2D eigenvalue weighted by Gasteiger charge is 2.17. The molecule has 1 aliphatic heterocycles. The molecular weight excluding hydrogens is 176 g/mol. The fourth-order valence-corrected chi connectivity index (χ4v) is 1.85. The monoisotopic (exact) mass is 187 g/mol. The fourth-order valence-electron chi connectivity index (χ4n) is 1.85. The summed E-state index contributed by atoms with van der Waals surface area (Å²) < 4.78 is 5.65. The molecule has 1 aliphatic rings. The minimum absolute atomic E-state index is 0.761. The molecule has 2 aromatic rings. The van der Waals surface area contributed by atoms with E-state index in [4.69, 9.17) is 4.42 Å². The van der Waals surface area contributed by atoms with Gasteiger partial charge in [0.25, 0.3) is 6.01 Å². The number of fused-ring (bicyclic) bond motifs is 1. The summed E-state index contributed by atoms with van der Waals surface area (Å²) in [5.41, 5.74) is 1.75. The van der Waals surface area contributed by atoms with Crippen LogP contribution in [0.1, 0.15) is 12.8 Å². The third-order valence-electron chi connectivity index (χ3n) is 2.60. The maximum atomic E-state index is 5.65. The molecule has 2 heterocycles. The SMILES string of the molecule is [c]1ccc2oc(N3CCCC3)nc2c1. The van der Waals surface area contributed by atoms with Crippen molar-refractivity contribution in [2.24, 2.45) is 0 Å². The highest BCUT2D eigenvalue weighted by atomic mass is 16.4. The normalized spacial score (nSPS) is 16.7. The Bertz CT molecular complexity index is 410. The molecule has 0 amide bonds. The topological polar surface area (TPSA) is 29.3 Å². The maximum absolute atomic E-state index is 5.65. The number of hydrogen-bond donors (Lipinski definition) is 0. The number of benzene rings is 1. The predicted octanol–water partition coefficient (Wildman–Crippen LogP) is 2.23. The van der Waals surface area contributed by atoms with Crippen molar-refractivity contribution in [2.75, 3.05) is 18.0 Å². The van der Waals surface area contributed by atoms with E-state index in [1.807, 2.05) is 18.2 Å². The first-order chi connectivity index (χ1) is 6.93. The van der Waals surface area contributed by atoms with Crippen molar-refractivity contribution in [3.63, 3.8) is 0 Å². The second kappa shape index (κ2) is 3.01. The van der Waals surface area contributed by atoms with Gasteiger partial charge < -0.3 is 9.32 Å². The Morgan fingerprint density at radius 1 is 1.36 bits per heavy atom. The predicted molar refractivity (Wildman–Crippen MR) is 54.3 cm³/mol. The summed E-state index contributed by atoms with van der Waals surface area (Å²) in [6.45, 7) is 2.13. The Labute approximate surface area is 82.3 Å². The molecular formula is C11H11N2O. The van der Waals surface area contributed by atoms with Gasteiger partial charge in [-0.1, -0.05) is 6.07 Å². The van der Waals surface area contributed by atoms with Gasteiger partial charge in [0.1, 0.15) is 5.52 Å². The lowest BCUT2D eigenvalue weighted by Gasteiger charge is -2.10. The molecule has 1 radical (unpaired) electrons. The van der Waals surface area contributed by atoms with E-state index in [1.165, 1.54) is 12.8 Å². The lowest BCUT2D eigenvalue weighted by Crippen LogP contribution is -2.17. The molecule has 0 bridgehead atoms. The molecule has 14 heavy (non-hydrogen) atoms. The summed E-state index contributed by atoms with van der Waals surface area (Å²) >= 11 is 0. The van der Waals surface area contributed by atoms with Crippen LogP contribution < -0.4 is 4.90 Å². The quantitative estimate of drug-likeness (QED) is 0.685. The summed E-state index contributed by atoms with van der Waals surface area (Å²) in [7, 11) is 0.